The Hall–Kier alpha value is -3.41. The Kier molecular flexibility index (Phi) is 3.87. The van der Waals surface area contributed by atoms with Crippen molar-refractivity contribution in [1.82, 2.24) is 0 Å². The SMILES string of the molecule is Cc1cc(=O)oc2cc(NC(=O)c3cccc(C(=O)O)c3)ccc12. The van der Waals surface area contributed by atoms with Crippen molar-refractivity contribution in [2.45, 2.75) is 6.92 Å². The monoisotopic (exact) mass is 323 g/mol. The van der Waals surface area contributed by atoms with Gasteiger partial charge >= 0.3 is 11.6 Å². The van der Waals surface area contributed by atoms with Crippen molar-refractivity contribution < 1.29 is 19.1 Å². The minimum Gasteiger partial charge on any atom is -0.478 e. The molecule has 0 radical (unpaired) electrons. The van der Waals surface area contributed by atoms with E-state index in [9.17, 15) is 14.4 Å². The molecule has 6 nitrogen and oxygen atoms in total. The number of hydrogen-bond donors (Lipinski definition) is 2. The highest BCUT2D eigenvalue weighted by Crippen LogP contribution is 2.21. The summed E-state index contributed by atoms with van der Waals surface area (Å²) in [6, 6.07) is 12.1. The molecule has 2 aromatic carbocycles. The van der Waals surface area contributed by atoms with Crippen LogP contribution < -0.4 is 10.9 Å². The molecule has 0 bridgehead atoms. The fourth-order valence-corrected chi connectivity index (χ4v) is 2.40. The molecule has 120 valence electrons. The molecular weight excluding hydrogens is 310 g/mol. The van der Waals surface area contributed by atoms with Gasteiger partial charge in [-0.05, 0) is 42.8 Å². The molecule has 1 heterocycles. The molecule has 3 rings (SSSR count). The average Bonchev–Trinajstić information content (AvgIpc) is 2.54. The van der Waals surface area contributed by atoms with E-state index >= 15 is 0 Å². The summed E-state index contributed by atoms with van der Waals surface area (Å²) in [6.45, 7) is 1.80. The van der Waals surface area contributed by atoms with Gasteiger partial charge in [-0.15, -0.1) is 0 Å². The van der Waals surface area contributed by atoms with Crippen LogP contribution in [0.5, 0.6) is 0 Å². The molecule has 6 heteroatoms. The number of aryl methyl sites for hydroxylation is 1. The summed E-state index contributed by atoms with van der Waals surface area (Å²) >= 11 is 0. The molecule has 2 N–H and O–H groups in total. The highest BCUT2D eigenvalue weighted by molar-refractivity contribution is 6.06. The molecule has 0 atom stereocenters. The highest BCUT2D eigenvalue weighted by atomic mass is 16.4. The average molecular weight is 323 g/mol. The van der Waals surface area contributed by atoms with Crippen LogP contribution in [0.2, 0.25) is 0 Å². The highest BCUT2D eigenvalue weighted by Gasteiger charge is 2.11. The van der Waals surface area contributed by atoms with E-state index < -0.39 is 17.5 Å². The lowest BCUT2D eigenvalue weighted by Crippen LogP contribution is -2.13. The standard InChI is InChI=1S/C18H13NO5/c1-10-7-16(20)24-15-9-13(5-6-14(10)15)19-17(21)11-3-2-4-12(8-11)18(22)23/h2-9H,1H3,(H,19,21)(H,22,23). The van der Waals surface area contributed by atoms with E-state index in [4.69, 9.17) is 9.52 Å². The predicted molar refractivity (Wildman–Crippen MR) is 88.6 cm³/mol. The molecule has 1 aromatic heterocycles. The molecule has 3 aromatic rings. The summed E-state index contributed by atoms with van der Waals surface area (Å²) in [4.78, 5) is 34.7. The third kappa shape index (κ3) is 3.03. The number of fused-ring (bicyclic) bond motifs is 1. The first kappa shape index (κ1) is 15.5. The number of anilines is 1. The Morgan fingerprint density at radius 3 is 2.54 bits per heavy atom. The molecule has 0 saturated carbocycles. The number of aromatic carboxylic acids is 1. The third-order valence-corrected chi connectivity index (χ3v) is 3.58. The number of nitrogens with one attached hydrogen (secondary N) is 1. The van der Waals surface area contributed by atoms with Crippen molar-refractivity contribution in [3.05, 3.63) is 75.6 Å². The smallest absolute Gasteiger partial charge is 0.336 e. The largest absolute Gasteiger partial charge is 0.478 e. The maximum atomic E-state index is 12.3. The molecule has 0 unspecified atom stereocenters. The van der Waals surface area contributed by atoms with Crippen LogP contribution in [-0.4, -0.2) is 17.0 Å². The Labute approximate surface area is 136 Å². The summed E-state index contributed by atoms with van der Waals surface area (Å²) in [6.07, 6.45) is 0. The molecule has 24 heavy (non-hydrogen) atoms. The molecule has 0 aliphatic rings. The first-order valence-corrected chi connectivity index (χ1v) is 7.13. The Bertz CT molecular complexity index is 1020. The number of rotatable bonds is 3. The van der Waals surface area contributed by atoms with Crippen LogP contribution in [0.3, 0.4) is 0 Å². The van der Waals surface area contributed by atoms with Gasteiger partial charge in [0.15, 0.2) is 0 Å². The molecule has 0 aliphatic heterocycles. The van der Waals surface area contributed by atoms with Gasteiger partial charge in [-0.2, -0.15) is 0 Å². The fourth-order valence-electron chi connectivity index (χ4n) is 2.40. The van der Waals surface area contributed by atoms with Crippen molar-refractivity contribution in [2.24, 2.45) is 0 Å². The van der Waals surface area contributed by atoms with E-state index in [0.29, 0.717) is 11.3 Å². The van der Waals surface area contributed by atoms with Crippen LogP contribution in [0.4, 0.5) is 5.69 Å². The summed E-state index contributed by atoms with van der Waals surface area (Å²) in [7, 11) is 0. The van der Waals surface area contributed by atoms with E-state index in [1.807, 2.05) is 0 Å². The topological polar surface area (TPSA) is 96.6 Å². The Morgan fingerprint density at radius 1 is 1.04 bits per heavy atom. The number of carbonyl (C=O) groups is 2. The van der Waals surface area contributed by atoms with Gasteiger partial charge in [0.05, 0.1) is 5.56 Å². The van der Waals surface area contributed by atoms with Gasteiger partial charge in [0.1, 0.15) is 5.58 Å². The van der Waals surface area contributed by atoms with E-state index in [2.05, 4.69) is 5.32 Å². The van der Waals surface area contributed by atoms with Crippen LogP contribution in [-0.2, 0) is 0 Å². The van der Waals surface area contributed by atoms with Gasteiger partial charge in [0.2, 0.25) is 0 Å². The first-order chi connectivity index (χ1) is 11.4. The lowest BCUT2D eigenvalue weighted by atomic mass is 10.1. The Balaban J connectivity index is 1.92. The summed E-state index contributed by atoms with van der Waals surface area (Å²) in [5.41, 5.74) is 1.40. The van der Waals surface area contributed by atoms with Gasteiger partial charge in [-0.1, -0.05) is 6.07 Å². The van der Waals surface area contributed by atoms with Crippen LogP contribution in [0, 0.1) is 6.92 Å². The predicted octanol–water partition coefficient (Wildman–Crippen LogP) is 3.05. The van der Waals surface area contributed by atoms with Crippen molar-refractivity contribution in [3.63, 3.8) is 0 Å². The van der Waals surface area contributed by atoms with E-state index in [-0.39, 0.29) is 11.1 Å². The van der Waals surface area contributed by atoms with Gasteiger partial charge in [-0.3, -0.25) is 4.79 Å². The maximum Gasteiger partial charge on any atom is 0.336 e. The molecule has 1 amide bonds. The van der Waals surface area contributed by atoms with E-state index in [1.54, 1.807) is 25.1 Å². The first-order valence-electron chi connectivity index (χ1n) is 7.13. The van der Waals surface area contributed by atoms with Gasteiger partial charge < -0.3 is 14.8 Å². The zero-order chi connectivity index (χ0) is 17.3. The molecular formula is C18H13NO5. The minimum atomic E-state index is -1.10. The van der Waals surface area contributed by atoms with Crippen molar-refractivity contribution in [3.8, 4) is 0 Å². The number of hydrogen-bond acceptors (Lipinski definition) is 4. The van der Waals surface area contributed by atoms with Gasteiger partial charge in [-0.25, -0.2) is 9.59 Å². The molecule has 0 saturated heterocycles. The lowest BCUT2D eigenvalue weighted by Gasteiger charge is -2.07. The molecule has 0 fully saturated rings. The summed E-state index contributed by atoms with van der Waals surface area (Å²) < 4.78 is 5.14. The quantitative estimate of drug-likeness (QED) is 0.722. The van der Waals surface area contributed by atoms with E-state index in [0.717, 1.165) is 10.9 Å². The zero-order valence-corrected chi connectivity index (χ0v) is 12.7. The summed E-state index contributed by atoms with van der Waals surface area (Å²) in [5, 5.41) is 12.4. The van der Waals surface area contributed by atoms with Crippen LogP contribution >= 0.6 is 0 Å². The third-order valence-electron chi connectivity index (χ3n) is 3.58. The van der Waals surface area contributed by atoms with E-state index in [1.165, 1.54) is 30.3 Å². The second-order valence-corrected chi connectivity index (χ2v) is 5.30. The fraction of sp³-hybridized carbons (Fsp3) is 0.0556. The summed E-state index contributed by atoms with van der Waals surface area (Å²) in [5.74, 6) is -1.56. The number of benzene rings is 2. The minimum absolute atomic E-state index is 0.0304. The second-order valence-electron chi connectivity index (χ2n) is 5.30. The molecule has 0 spiro atoms. The van der Waals surface area contributed by atoms with Gasteiger partial charge in [0.25, 0.3) is 5.91 Å². The second kappa shape index (κ2) is 6.00. The number of carboxylic acid groups (broad SMARTS) is 1. The maximum absolute atomic E-state index is 12.3. The normalized spacial score (nSPS) is 10.5. The molecule has 0 aliphatic carbocycles. The number of amides is 1. The number of carboxylic acids is 1. The van der Waals surface area contributed by atoms with Crippen LogP contribution in [0.25, 0.3) is 11.0 Å². The number of carbonyl (C=O) groups excluding carboxylic acids is 1. The van der Waals surface area contributed by atoms with Crippen molar-refractivity contribution in [1.29, 1.82) is 0 Å². The van der Waals surface area contributed by atoms with Gasteiger partial charge in [0, 0.05) is 28.8 Å². The van der Waals surface area contributed by atoms with Crippen molar-refractivity contribution >= 4 is 28.5 Å². The lowest BCUT2D eigenvalue weighted by molar-refractivity contribution is 0.0697. The van der Waals surface area contributed by atoms with Crippen LogP contribution in [0.1, 0.15) is 26.3 Å². The Morgan fingerprint density at radius 2 is 1.79 bits per heavy atom. The van der Waals surface area contributed by atoms with Crippen LogP contribution in [0.15, 0.2) is 57.7 Å². The zero-order valence-electron chi connectivity index (χ0n) is 12.7. The van der Waals surface area contributed by atoms with Crippen molar-refractivity contribution in [2.75, 3.05) is 5.32 Å².